The summed E-state index contributed by atoms with van der Waals surface area (Å²) in [6, 6.07) is 8.35. The van der Waals surface area contributed by atoms with Crippen LogP contribution < -0.4 is 4.74 Å². The monoisotopic (exact) mass is 259 g/mol. The van der Waals surface area contributed by atoms with E-state index in [-0.39, 0.29) is 12.1 Å². The number of para-hydroxylation sites is 1. The van der Waals surface area contributed by atoms with Gasteiger partial charge in [-0.15, -0.1) is 0 Å². The number of rotatable bonds is 3. The number of carbonyl (C=O) groups is 1. The highest BCUT2D eigenvalue weighted by Crippen LogP contribution is 2.29. The van der Waals surface area contributed by atoms with Crippen LogP contribution in [0.1, 0.15) is 31.7 Å². The number of hydrogen-bond acceptors (Lipinski definition) is 3. The lowest BCUT2D eigenvalue weighted by atomic mass is 9.98. The van der Waals surface area contributed by atoms with Crippen molar-refractivity contribution in [3.05, 3.63) is 29.8 Å². The summed E-state index contributed by atoms with van der Waals surface area (Å²) in [4.78, 5) is 14.0. The molecule has 0 aliphatic carbocycles. The summed E-state index contributed by atoms with van der Waals surface area (Å²) in [7, 11) is 0. The molecule has 0 N–H and O–H groups in total. The second-order valence-corrected chi connectivity index (χ2v) is 5.67. The number of benzene rings is 1. The molecule has 0 saturated carbocycles. The first kappa shape index (κ1) is 12.7. The van der Waals surface area contributed by atoms with Crippen molar-refractivity contribution in [3.63, 3.8) is 0 Å². The van der Waals surface area contributed by atoms with E-state index in [1.54, 1.807) is 6.92 Å². The minimum Gasteiger partial charge on any atom is -0.488 e. The van der Waals surface area contributed by atoms with E-state index in [1.807, 2.05) is 12.1 Å². The van der Waals surface area contributed by atoms with Crippen molar-refractivity contribution in [2.24, 2.45) is 0 Å². The molecule has 2 unspecified atom stereocenters. The molecule has 1 saturated heterocycles. The fraction of sp³-hybridized carbons (Fsp3) is 0.562. The highest BCUT2D eigenvalue weighted by atomic mass is 16.5. The molecule has 2 atom stereocenters. The van der Waals surface area contributed by atoms with Crippen molar-refractivity contribution in [2.45, 2.75) is 44.8 Å². The molecule has 0 bridgehead atoms. The molecule has 0 aromatic heterocycles. The number of likely N-dealkylation sites (tertiary alicyclic amines) is 1. The molecule has 19 heavy (non-hydrogen) atoms. The number of fused-ring (bicyclic) bond motifs is 1. The van der Waals surface area contributed by atoms with E-state index in [4.69, 9.17) is 4.74 Å². The quantitative estimate of drug-likeness (QED) is 0.835. The molecule has 0 amide bonds. The number of hydrogen-bond donors (Lipinski definition) is 0. The van der Waals surface area contributed by atoms with E-state index in [0.29, 0.717) is 5.78 Å². The largest absolute Gasteiger partial charge is 0.488 e. The van der Waals surface area contributed by atoms with Crippen molar-refractivity contribution in [1.29, 1.82) is 0 Å². The number of ether oxygens (including phenoxy) is 1. The van der Waals surface area contributed by atoms with E-state index in [9.17, 15) is 4.79 Å². The van der Waals surface area contributed by atoms with E-state index in [1.165, 1.54) is 18.4 Å². The molecule has 0 radical (unpaired) electrons. The Bertz CT molecular complexity index is 447. The van der Waals surface area contributed by atoms with Crippen LogP contribution in [0.15, 0.2) is 24.3 Å². The minimum absolute atomic E-state index is 0.112. The lowest BCUT2D eigenvalue weighted by Gasteiger charge is -2.35. The van der Waals surface area contributed by atoms with Crippen LogP contribution in [0.25, 0.3) is 0 Å². The highest BCUT2D eigenvalue weighted by Gasteiger charge is 2.31. The van der Waals surface area contributed by atoms with Crippen molar-refractivity contribution in [1.82, 2.24) is 4.90 Å². The molecule has 1 fully saturated rings. The van der Waals surface area contributed by atoms with E-state index in [0.717, 1.165) is 31.7 Å². The summed E-state index contributed by atoms with van der Waals surface area (Å²) in [5.74, 6) is 1.32. The Kier molecular flexibility index (Phi) is 3.56. The zero-order chi connectivity index (χ0) is 13.2. The third-order valence-electron chi connectivity index (χ3n) is 4.23. The van der Waals surface area contributed by atoms with Crippen LogP contribution in [0.3, 0.4) is 0 Å². The first-order valence-electron chi connectivity index (χ1n) is 7.23. The molecule has 3 rings (SSSR count). The lowest BCUT2D eigenvalue weighted by molar-refractivity contribution is -0.123. The van der Waals surface area contributed by atoms with Gasteiger partial charge in [-0.3, -0.25) is 9.69 Å². The van der Waals surface area contributed by atoms with Gasteiger partial charge in [-0.2, -0.15) is 0 Å². The molecule has 1 aromatic rings. The van der Waals surface area contributed by atoms with Gasteiger partial charge in [-0.1, -0.05) is 24.6 Å². The summed E-state index contributed by atoms with van der Waals surface area (Å²) in [6.07, 6.45) is 4.56. The predicted molar refractivity (Wildman–Crippen MR) is 74.5 cm³/mol. The molecule has 1 aromatic carbocycles. The fourth-order valence-corrected chi connectivity index (χ4v) is 3.29. The van der Waals surface area contributed by atoms with Gasteiger partial charge in [-0.25, -0.2) is 0 Å². The SMILES string of the molecule is CC(=O)C1CCCCN1CC1Cc2ccccc2O1. The normalized spacial score (nSPS) is 26.8. The van der Waals surface area contributed by atoms with Crippen LogP contribution in [-0.4, -0.2) is 35.9 Å². The Hall–Kier alpha value is -1.35. The van der Waals surface area contributed by atoms with E-state index in [2.05, 4.69) is 17.0 Å². The van der Waals surface area contributed by atoms with Crippen LogP contribution in [0.2, 0.25) is 0 Å². The Labute approximate surface area is 114 Å². The second kappa shape index (κ2) is 5.33. The van der Waals surface area contributed by atoms with Gasteiger partial charge in [0.25, 0.3) is 0 Å². The number of piperidine rings is 1. The average molecular weight is 259 g/mol. The van der Waals surface area contributed by atoms with Gasteiger partial charge in [0.1, 0.15) is 17.6 Å². The predicted octanol–water partition coefficient (Wildman–Crippen LogP) is 2.43. The Morgan fingerprint density at radius 1 is 1.37 bits per heavy atom. The summed E-state index contributed by atoms with van der Waals surface area (Å²) < 4.78 is 5.98. The zero-order valence-corrected chi connectivity index (χ0v) is 11.5. The first-order chi connectivity index (χ1) is 9.24. The molecule has 2 heterocycles. The first-order valence-corrected chi connectivity index (χ1v) is 7.23. The number of ketones is 1. The minimum atomic E-state index is 0.112. The summed E-state index contributed by atoms with van der Waals surface area (Å²) >= 11 is 0. The molecule has 3 heteroatoms. The maximum Gasteiger partial charge on any atom is 0.146 e. The van der Waals surface area contributed by atoms with E-state index < -0.39 is 0 Å². The van der Waals surface area contributed by atoms with Gasteiger partial charge >= 0.3 is 0 Å². The van der Waals surface area contributed by atoms with Crippen molar-refractivity contribution >= 4 is 5.78 Å². The third-order valence-corrected chi connectivity index (χ3v) is 4.23. The van der Waals surface area contributed by atoms with Gasteiger partial charge < -0.3 is 4.74 Å². The third kappa shape index (κ3) is 2.66. The second-order valence-electron chi connectivity index (χ2n) is 5.67. The summed E-state index contributed by atoms with van der Waals surface area (Å²) in [5, 5.41) is 0. The van der Waals surface area contributed by atoms with Gasteiger partial charge in [0.15, 0.2) is 0 Å². The van der Waals surface area contributed by atoms with Crippen LogP contribution >= 0.6 is 0 Å². The smallest absolute Gasteiger partial charge is 0.146 e. The van der Waals surface area contributed by atoms with E-state index >= 15 is 0 Å². The average Bonchev–Trinajstić information content (AvgIpc) is 2.81. The van der Waals surface area contributed by atoms with Crippen LogP contribution in [-0.2, 0) is 11.2 Å². The highest BCUT2D eigenvalue weighted by molar-refractivity contribution is 5.81. The molecule has 3 nitrogen and oxygen atoms in total. The molecule has 2 aliphatic rings. The maximum absolute atomic E-state index is 11.7. The van der Waals surface area contributed by atoms with Crippen LogP contribution in [0, 0.1) is 0 Å². The molecule has 0 spiro atoms. The molecular weight excluding hydrogens is 238 g/mol. The van der Waals surface area contributed by atoms with Gasteiger partial charge in [-0.05, 0) is 37.9 Å². The fourth-order valence-electron chi connectivity index (χ4n) is 3.29. The van der Waals surface area contributed by atoms with Crippen molar-refractivity contribution in [3.8, 4) is 5.75 Å². The molecule has 102 valence electrons. The topological polar surface area (TPSA) is 29.5 Å². The van der Waals surface area contributed by atoms with Crippen molar-refractivity contribution in [2.75, 3.05) is 13.1 Å². The van der Waals surface area contributed by atoms with Gasteiger partial charge in [0.05, 0.1) is 6.04 Å². The Balaban J connectivity index is 1.64. The standard InChI is InChI=1S/C16H21NO2/c1-12(18)15-7-4-5-9-17(15)11-14-10-13-6-2-3-8-16(13)19-14/h2-3,6,8,14-15H,4-5,7,9-11H2,1H3. The number of Topliss-reactive ketones (excluding diaryl/α,β-unsaturated/α-hetero) is 1. The summed E-state index contributed by atoms with van der Waals surface area (Å²) in [5.41, 5.74) is 1.30. The lowest BCUT2D eigenvalue weighted by Crippen LogP contribution is -2.47. The van der Waals surface area contributed by atoms with Crippen molar-refractivity contribution < 1.29 is 9.53 Å². The zero-order valence-electron chi connectivity index (χ0n) is 11.5. The van der Waals surface area contributed by atoms with Crippen LogP contribution in [0.4, 0.5) is 0 Å². The Morgan fingerprint density at radius 3 is 3.00 bits per heavy atom. The number of carbonyl (C=O) groups excluding carboxylic acids is 1. The molecular formula is C16H21NO2. The van der Waals surface area contributed by atoms with Gasteiger partial charge in [0, 0.05) is 13.0 Å². The Morgan fingerprint density at radius 2 is 2.21 bits per heavy atom. The van der Waals surface area contributed by atoms with Crippen LogP contribution in [0.5, 0.6) is 5.75 Å². The van der Waals surface area contributed by atoms with Gasteiger partial charge in [0.2, 0.25) is 0 Å². The summed E-state index contributed by atoms with van der Waals surface area (Å²) in [6.45, 7) is 3.62. The number of nitrogens with zero attached hydrogens (tertiary/aromatic N) is 1. The maximum atomic E-state index is 11.7. The molecule has 2 aliphatic heterocycles.